The molecule has 0 saturated heterocycles. The summed E-state index contributed by atoms with van der Waals surface area (Å²) in [4.78, 5) is 18.7. The van der Waals surface area contributed by atoms with Crippen LogP contribution in [0.15, 0.2) is 47.1 Å². The number of pyridine rings is 1. The van der Waals surface area contributed by atoms with Crippen LogP contribution >= 0.6 is 15.9 Å². The summed E-state index contributed by atoms with van der Waals surface area (Å²) in [5.74, 6) is 1.19. The number of benzene rings is 1. The number of ether oxygens (including phenoxy) is 1. The molecule has 0 aliphatic carbocycles. The number of halogens is 1. The Morgan fingerprint density at radius 2 is 1.84 bits per heavy atom. The second-order valence-corrected chi connectivity index (χ2v) is 7.87. The van der Waals surface area contributed by atoms with Crippen LogP contribution in [-0.2, 0) is 10.2 Å². The molecule has 0 bridgehead atoms. The molecule has 0 aliphatic rings. The molecule has 0 fully saturated rings. The first-order valence-corrected chi connectivity index (χ1v) is 9.22. The van der Waals surface area contributed by atoms with Crippen molar-refractivity contribution in [2.24, 2.45) is 0 Å². The second-order valence-electron chi connectivity index (χ2n) is 6.95. The van der Waals surface area contributed by atoms with Gasteiger partial charge in [0.15, 0.2) is 6.10 Å². The van der Waals surface area contributed by atoms with E-state index < -0.39 is 6.10 Å². The van der Waals surface area contributed by atoms with E-state index in [4.69, 9.17) is 4.74 Å². The summed E-state index contributed by atoms with van der Waals surface area (Å²) in [6, 6.07) is 11.6. The first-order chi connectivity index (χ1) is 11.7. The van der Waals surface area contributed by atoms with Crippen molar-refractivity contribution in [3.05, 3.63) is 52.6 Å². The Labute approximate surface area is 158 Å². The molecule has 1 aromatic heterocycles. The highest BCUT2D eigenvalue weighted by Crippen LogP contribution is 2.25. The molecular formula is C20H25BrN2O2. The molecule has 2 rings (SSSR count). The molecule has 0 N–H and O–H groups in total. The number of anilines is 1. The zero-order valence-electron chi connectivity index (χ0n) is 15.4. The van der Waals surface area contributed by atoms with Crippen LogP contribution in [-0.4, -0.2) is 23.5 Å². The van der Waals surface area contributed by atoms with E-state index in [1.165, 1.54) is 5.56 Å². The number of carbonyl (C=O) groups excluding carboxylic acids is 1. The molecule has 2 aromatic rings. The first kappa shape index (κ1) is 19.4. The van der Waals surface area contributed by atoms with Crippen LogP contribution in [0.3, 0.4) is 0 Å². The number of carbonyl (C=O) groups is 1. The highest BCUT2D eigenvalue weighted by Gasteiger charge is 2.23. The molecular weight excluding hydrogens is 380 g/mol. The van der Waals surface area contributed by atoms with E-state index in [0.717, 1.165) is 4.47 Å². The molecule has 0 spiro atoms. The molecule has 4 nitrogen and oxygen atoms in total. The normalized spacial score (nSPS) is 12.6. The third-order valence-corrected chi connectivity index (χ3v) is 4.42. The van der Waals surface area contributed by atoms with E-state index in [0.29, 0.717) is 18.1 Å². The number of aromatic nitrogens is 1. The molecule has 25 heavy (non-hydrogen) atoms. The van der Waals surface area contributed by atoms with Crippen LogP contribution in [0.2, 0.25) is 0 Å². The molecule has 0 saturated carbocycles. The maximum Gasteiger partial charge on any atom is 0.268 e. The van der Waals surface area contributed by atoms with Gasteiger partial charge in [0.2, 0.25) is 0 Å². The van der Waals surface area contributed by atoms with Gasteiger partial charge in [0.05, 0.1) is 0 Å². The van der Waals surface area contributed by atoms with Crippen molar-refractivity contribution in [1.29, 1.82) is 0 Å². The maximum atomic E-state index is 12.7. The zero-order chi connectivity index (χ0) is 18.6. The van der Waals surface area contributed by atoms with Crippen LogP contribution < -0.4 is 9.64 Å². The molecule has 0 aliphatic heterocycles. The van der Waals surface area contributed by atoms with E-state index in [1.54, 1.807) is 18.0 Å². The van der Waals surface area contributed by atoms with E-state index in [2.05, 4.69) is 41.7 Å². The maximum absolute atomic E-state index is 12.7. The summed E-state index contributed by atoms with van der Waals surface area (Å²) in [7, 11) is 0. The SMILES string of the molecule is CCN(C(=O)C(C)Oc1ccc(C(C)(C)C)cc1)c1ccc(Br)cn1. The largest absolute Gasteiger partial charge is 0.481 e. The van der Waals surface area contributed by atoms with Gasteiger partial charge in [-0.15, -0.1) is 0 Å². The summed E-state index contributed by atoms with van der Waals surface area (Å²) in [5.41, 5.74) is 1.32. The van der Waals surface area contributed by atoms with E-state index in [-0.39, 0.29) is 11.3 Å². The minimum absolute atomic E-state index is 0.0895. The number of hydrogen-bond donors (Lipinski definition) is 0. The quantitative estimate of drug-likeness (QED) is 0.706. The summed E-state index contributed by atoms with van der Waals surface area (Å²) >= 11 is 3.36. The summed E-state index contributed by atoms with van der Waals surface area (Å²) in [5, 5.41) is 0. The molecule has 1 amide bonds. The summed E-state index contributed by atoms with van der Waals surface area (Å²) < 4.78 is 6.72. The van der Waals surface area contributed by atoms with E-state index in [9.17, 15) is 4.79 Å². The van der Waals surface area contributed by atoms with Crippen LogP contribution in [0.1, 0.15) is 40.2 Å². The van der Waals surface area contributed by atoms with Crippen molar-refractivity contribution in [3.63, 3.8) is 0 Å². The highest BCUT2D eigenvalue weighted by atomic mass is 79.9. The second kappa shape index (κ2) is 8.00. The Balaban J connectivity index is 2.09. The van der Waals surface area contributed by atoms with Crippen molar-refractivity contribution < 1.29 is 9.53 Å². The fourth-order valence-electron chi connectivity index (χ4n) is 2.47. The highest BCUT2D eigenvalue weighted by molar-refractivity contribution is 9.10. The molecule has 1 aromatic carbocycles. The predicted octanol–water partition coefficient (Wildman–Crippen LogP) is 4.96. The van der Waals surface area contributed by atoms with Crippen molar-refractivity contribution in [2.75, 3.05) is 11.4 Å². The third kappa shape index (κ3) is 5.05. The standard InChI is InChI=1S/C20H25BrN2O2/c1-6-23(18-12-9-16(21)13-22-18)19(24)14(2)25-17-10-7-15(8-11-17)20(3,4)5/h7-14H,6H2,1-5H3. The number of rotatable bonds is 5. The summed E-state index contributed by atoms with van der Waals surface area (Å²) in [6.45, 7) is 10.7. The molecule has 5 heteroatoms. The Morgan fingerprint density at radius 3 is 2.32 bits per heavy atom. The average molecular weight is 405 g/mol. The molecule has 134 valence electrons. The van der Waals surface area contributed by atoms with Gasteiger partial charge in [0.25, 0.3) is 5.91 Å². The number of likely N-dealkylation sites (N-methyl/N-ethyl adjacent to an activating group) is 1. The molecule has 1 unspecified atom stereocenters. The van der Waals surface area contributed by atoms with E-state index >= 15 is 0 Å². The van der Waals surface area contributed by atoms with Gasteiger partial charge in [-0.05, 0) is 65.0 Å². The smallest absolute Gasteiger partial charge is 0.268 e. The Morgan fingerprint density at radius 1 is 1.20 bits per heavy atom. The fraction of sp³-hybridized carbons (Fsp3) is 0.400. The van der Waals surface area contributed by atoms with Crippen LogP contribution in [0.5, 0.6) is 5.75 Å². The molecule has 0 radical (unpaired) electrons. The Kier molecular flexibility index (Phi) is 6.22. The van der Waals surface area contributed by atoms with Crippen molar-refractivity contribution in [3.8, 4) is 5.75 Å². The van der Waals surface area contributed by atoms with Crippen LogP contribution in [0, 0.1) is 0 Å². The predicted molar refractivity (Wildman–Crippen MR) is 105 cm³/mol. The zero-order valence-corrected chi connectivity index (χ0v) is 17.0. The van der Waals surface area contributed by atoms with Crippen molar-refractivity contribution in [1.82, 2.24) is 4.98 Å². The number of hydrogen-bond acceptors (Lipinski definition) is 3. The van der Waals surface area contributed by atoms with Crippen LogP contribution in [0.4, 0.5) is 5.82 Å². The minimum atomic E-state index is -0.592. The van der Waals surface area contributed by atoms with Gasteiger partial charge in [-0.2, -0.15) is 0 Å². The lowest BCUT2D eigenvalue weighted by Crippen LogP contribution is -2.41. The van der Waals surface area contributed by atoms with Gasteiger partial charge in [0, 0.05) is 17.2 Å². The van der Waals surface area contributed by atoms with Gasteiger partial charge >= 0.3 is 0 Å². The van der Waals surface area contributed by atoms with Crippen LogP contribution in [0.25, 0.3) is 0 Å². The van der Waals surface area contributed by atoms with Crippen molar-refractivity contribution >= 4 is 27.7 Å². The van der Waals surface area contributed by atoms with Gasteiger partial charge in [-0.1, -0.05) is 32.9 Å². The number of nitrogens with zero attached hydrogens (tertiary/aromatic N) is 2. The fourth-order valence-corrected chi connectivity index (χ4v) is 2.70. The van der Waals surface area contributed by atoms with Gasteiger partial charge in [-0.25, -0.2) is 4.98 Å². The third-order valence-electron chi connectivity index (χ3n) is 3.95. The average Bonchev–Trinajstić information content (AvgIpc) is 2.56. The number of amides is 1. The van der Waals surface area contributed by atoms with Gasteiger partial charge in [0.1, 0.15) is 11.6 Å². The van der Waals surface area contributed by atoms with Gasteiger partial charge < -0.3 is 4.74 Å². The molecule has 1 heterocycles. The van der Waals surface area contributed by atoms with E-state index in [1.807, 2.05) is 43.3 Å². The Hall–Kier alpha value is -1.88. The Bertz CT molecular complexity index is 706. The minimum Gasteiger partial charge on any atom is -0.481 e. The monoisotopic (exact) mass is 404 g/mol. The first-order valence-electron chi connectivity index (χ1n) is 8.42. The van der Waals surface area contributed by atoms with Gasteiger partial charge in [-0.3, -0.25) is 9.69 Å². The lowest BCUT2D eigenvalue weighted by atomic mass is 9.87. The topological polar surface area (TPSA) is 42.4 Å². The van der Waals surface area contributed by atoms with Crippen molar-refractivity contribution in [2.45, 2.75) is 46.1 Å². The summed E-state index contributed by atoms with van der Waals surface area (Å²) in [6.07, 6.45) is 1.09. The lowest BCUT2D eigenvalue weighted by molar-refractivity contribution is -0.124. The lowest BCUT2D eigenvalue weighted by Gasteiger charge is -2.24. The molecule has 1 atom stereocenters.